The smallest absolute Gasteiger partial charge is 0.197 e. The lowest BCUT2D eigenvalue weighted by atomic mass is 10.1. The molecule has 0 aliphatic heterocycles. The Bertz CT molecular complexity index is 2240. The van der Waals surface area contributed by atoms with Crippen LogP contribution >= 0.6 is 0 Å². The van der Waals surface area contributed by atoms with Crippen LogP contribution < -0.4 is 18.9 Å². The molecule has 48 heavy (non-hydrogen) atoms. The molecule has 2 atom stereocenters. The van der Waals surface area contributed by atoms with E-state index in [4.69, 9.17) is 21.7 Å². The van der Waals surface area contributed by atoms with Gasteiger partial charge in [-0.05, 0) is 52.0 Å². The summed E-state index contributed by atoms with van der Waals surface area (Å²) in [7, 11) is 2.86. The van der Waals surface area contributed by atoms with E-state index >= 15 is 0 Å². The Morgan fingerprint density at radius 2 is 1.12 bits per heavy atom. The van der Waals surface area contributed by atoms with Crippen LogP contribution in [0, 0.1) is 27.7 Å². The Kier molecular flexibility index (Phi) is 9.89. The number of methoxy groups -OCH3 is 4. The Morgan fingerprint density at radius 1 is 0.667 bits per heavy atom. The van der Waals surface area contributed by atoms with E-state index in [2.05, 4.69) is 29.9 Å². The van der Waals surface area contributed by atoms with Gasteiger partial charge < -0.3 is 28.9 Å². The lowest BCUT2D eigenvalue weighted by Crippen LogP contribution is -2.05. The van der Waals surface area contributed by atoms with Crippen molar-refractivity contribution in [2.45, 2.75) is 49.5 Å². The zero-order valence-electron chi connectivity index (χ0n) is 29.9. The van der Waals surface area contributed by atoms with Gasteiger partial charge in [0.1, 0.15) is 23.0 Å². The van der Waals surface area contributed by atoms with Crippen LogP contribution in [0.25, 0.3) is 22.1 Å². The maximum atomic E-state index is 13.0. The van der Waals surface area contributed by atoms with Crippen molar-refractivity contribution in [1.82, 2.24) is 29.9 Å². The molecule has 0 saturated heterocycles. The van der Waals surface area contributed by atoms with E-state index in [1.165, 1.54) is 13.3 Å². The number of aromatic amines is 2. The molecular weight excluding hydrogens is 653 g/mol. The summed E-state index contributed by atoms with van der Waals surface area (Å²) in [5.74, 6) is 2.95. The fourth-order valence-electron chi connectivity index (χ4n) is 5.06. The van der Waals surface area contributed by atoms with Gasteiger partial charge in [-0.25, -0.2) is 9.97 Å². The van der Waals surface area contributed by atoms with Crippen molar-refractivity contribution in [3.05, 3.63) is 82.4 Å². The quantitative estimate of drug-likeness (QED) is 0.180. The standard InChI is InChI=1S/2C17H19N3O3S/c2*1-10-8-18-15(11(2)16(10)23-4)9-24(21)17-19-13-6-5-12(22-3)7-14(13)20-17/h2*5-8H,9H2,1-4H3,(H,19,20)/i9D2;. The Morgan fingerprint density at radius 3 is 1.60 bits per heavy atom. The number of H-pyrrole nitrogens is 2. The summed E-state index contributed by atoms with van der Waals surface area (Å²) in [5, 5.41) is 0.470. The number of benzene rings is 2. The molecule has 14 heteroatoms. The summed E-state index contributed by atoms with van der Waals surface area (Å²) in [6.07, 6.45) is 3.25. The molecular formula is C34H38N6O6S2. The molecule has 12 nitrogen and oxygen atoms in total. The number of rotatable bonds is 10. The summed E-state index contributed by atoms with van der Waals surface area (Å²) in [6.45, 7) is 7.38. The van der Waals surface area contributed by atoms with Gasteiger partial charge in [0.05, 0.1) is 95.0 Å². The number of ether oxygens (including phenoxy) is 4. The molecule has 0 bridgehead atoms. The van der Waals surface area contributed by atoms with E-state index < -0.39 is 27.3 Å². The van der Waals surface area contributed by atoms with E-state index in [-0.39, 0.29) is 16.6 Å². The molecule has 4 heterocycles. The van der Waals surface area contributed by atoms with E-state index in [0.29, 0.717) is 33.3 Å². The third kappa shape index (κ3) is 7.34. The molecule has 6 aromatic rings. The number of hydrogen-bond donors (Lipinski definition) is 2. The monoisotopic (exact) mass is 692 g/mol. The van der Waals surface area contributed by atoms with E-state index in [1.54, 1.807) is 52.6 Å². The van der Waals surface area contributed by atoms with Crippen LogP contribution in [0.4, 0.5) is 0 Å². The van der Waals surface area contributed by atoms with Crippen LogP contribution in [0.3, 0.4) is 0 Å². The highest BCUT2D eigenvalue weighted by atomic mass is 32.2. The van der Waals surface area contributed by atoms with Crippen molar-refractivity contribution in [3.63, 3.8) is 0 Å². The van der Waals surface area contributed by atoms with Crippen molar-refractivity contribution < 1.29 is 30.1 Å². The minimum absolute atomic E-state index is 0.0407. The molecule has 0 saturated carbocycles. The van der Waals surface area contributed by atoms with Crippen molar-refractivity contribution in [1.29, 1.82) is 0 Å². The van der Waals surface area contributed by atoms with Crippen molar-refractivity contribution in [2.24, 2.45) is 0 Å². The average Bonchev–Trinajstić information content (AvgIpc) is 3.73. The molecule has 6 rings (SSSR count). The third-order valence-electron chi connectivity index (χ3n) is 7.58. The fraction of sp³-hybridized carbons (Fsp3) is 0.294. The first-order chi connectivity index (χ1) is 23.8. The number of nitrogens with zero attached hydrogens (tertiary/aromatic N) is 4. The highest BCUT2D eigenvalue weighted by Gasteiger charge is 2.18. The first-order valence-corrected chi connectivity index (χ1v) is 17.2. The van der Waals surface area contributed by atoms with Crippen LogP contribution in [-0.2, 0) is 33.1 Å². The summed E-state index contributed by atoms with van der Waals surface area (Å²) in [6, 6.07) is 10.7. The third-order valence-corrected chi connectivity index (χ3v) is 9.66. The maximum absolute atomic E-state index is 13.0. The van der Waals surface area contributed by atoms with Gasteiger partial charge in [0, 0.05) is 49.5 Å². The van der Waals surface area contributed by atoms with Gasteiger partial charge in [-0.2, -0.15) is 0 Å². The second-order valence-corrected chi connectivity index (χ2v) is 13.2. The predicted octanol–water partition coefficient (Wildman–Crippen LogP) is 5.80. The first kappa shape index (κ1) is 31.8. The highest BCUT2D eigenvalue weighted by Crippen LogP contribution is 2.28. The summed E-state index contributed by atoms with van der Waals surface area (Å²) >= 11 is 0. The molecule has 0 radical (unpaired) electrons. The number of fused-ring (bicyclic) bond motifs is 2. The van der Waals surface area contributed by atoms with Gasteiger partial charge in [0.25, 0.3) is 0 Å². The van der Waals surface area contributed by atoms with E-state index in [9.17, 15) is 8.42 Å². The zero-order chi connectivity index (χ0) is 36.3. The molecule has 0 amide bonds. The highest BCUT2D eigenvalue weighted by molar-refractivity contribution is 7.84. The topological polar surface area (TPSA) is 154 Å². The normalized spacial score (nSPS) is 13.2. The summed E-state index contributed by atoms with van der Waals surface area (Å²) < 4.78 is 63.5. The van der Waals surface area contributed by atoms with Crippen LogP contribution in [0.1, 0.15) is 36.4 Å². The Balaban J connectivity index is 0.000000195. The molecule has 0 aliphatic rings. The predicted molar refractivity (Wildman–Crippen MR) is 186 cm³/mol. The first-order valence-electron chi connectivity index (χ1n) is 15.7. The molecule has 2 N–H and O–H groups in total. The number of hydrogen-bond acceptors (Lipinski definition) is 10. The van der Waals surface area contributed by atoms with Gasteiger partial charge in [-0.3, -0.25) is 18.4 Å². The number of aromatic nitrogens is 6. The van der Waals surface area contributed by atoms with Crippen LogP contribution in [0.5, 0.6) is 23.0 Å². The molecule has 2 unspecified atom stereocenters. The molecule has 2 aromatic carbocycles. The van der Waals surface area contributed by atoms with E-state index in [0.717, 1.165) is 44.9 Å². The van der Waals surface area contributed by atoms with E-state index in [1.807, 2.05) is 39.0 Å². The molecule has 0 spiro atoms. The minimum atomic E-state index is -2.25. The van der Waals surface area contributed by atoms with Gasteiger partial charge in [0.2, 0.25) is 0 Å². The summed E-state index contributed by atoms with van der Waals surface area (Å²) in [4.78, 5) is 23.3. The lowest BCUT2D eigenvalue weighted by Gasteiger charge is -2.11. The second kappa shape index (κ2) is 14.9. The average molecular weight is 693 g/mol. The molecule has 4 aromatic heterocycles. The SMILES string of the molecule is COc1ccc2nc(S(=O)Cc3ncc(C)c(OC)c3C)[nH]c2c1.[2H]C([2H])(c1ncc(C)c(OC)c1C)S(=O)c1nc2ccc(OC)cc2[nH]1. The minimum Gasteiger partial charge on any atom is -0.497 e. The fourth-order valence-corrected chi connectivity index (χ4v) is 7.02. The van der Waals surface area contributed by atoms with Crippen LogP contribution in [0.2, 0.25) is 0 Å². The van der Waals surface area contributed by atoms with Crippen LogP contribution in [0.15, 0.2) is 59.1 Å². The molecule has 0 aliphatic carbocycles. The molecule has 0 fully saturated rings. The van der Waals surface area contributed by atoms with Gasteiger partial charge in [-0.15, -0.1) is 0 Å². The van der Waals surface area contributed by atoms with Crippen molar-refractivity contribution in [3.8, 4) is 23.0 Å². The Hall–Kier alpha value is -4.82. The number of nitrogens with one attached hydrogen (secondary N) is 2. The maximum Gasteiger partial charge on any atom is 0.197 e. The van der Waals surface area contributed by atoms with Crippen LogP contribution in [-0.4, -0.2) is 66.8 Å². The zero-order valence-corrected chi connectivity index (χ0v) is 29.5. The lowest BCUT2D eigenvalue weighted by molar-refractivity contribution is 0.407. The second-order valence-electron chi connectivity index (χ2n) is 10.7. The number of pyridine rings is 2. The number of aryl methyl sites for hydroxylation is 2. The summed E-state index contributed by atoms with van der Waals surface area (Å²) in [5.41, 5.74) is 4.48. The van der Waals surface area contributed by atoms with Gasteiger partial charge in [-0.1, -0.05) is 0 Å². The van der Waals surface area contributed by atoms with Crippen molar-refractivity contribution >= 4 is 43.7 Å². The Labute approximate surface area is 286 Å². The largest absolute Gasteiger partial charge is 0.497 e. The number of imidazole rings is 2. The van der Waals surface area contributed by atoms with Gasteiger partial charge >= 0.3 is 0 Å². The van der Waals surface area contributed by atoms with Crippen molar-refractivity contribution in [2.75, 3.05) is 28.4 Å². The van der Waals surface area contributed by atoms with Gasteiger partial charge in [0.15, 0.2) is 10.3 Å². The molecule has 252 valence electrons.